The van der Waals surface area contributed by atoms with Gasteiger partial charge in [0.05, 0.1) is 5.01 Å². The number of hydrogen-bond acceptors (Lipinski definition) is 2. The van der Waals surface area contributed by atoms with Crippen molar-refractivity contribution < 1.29 is 0 Å². The van der Waals surface area contributed by atoms with Gasteiger partial charge in [-0.2, -0.15) is 0 Å². The first-order chi connectivity index (χ1) is 6.36. The van der Waals surface area contributed by atoms with Crippen LogP contribution in [0.3, 0.4) is 0 Å². The molecule has 0 N–H and O–H groups in total. The molecule has 2 aromatic rings. The third kappa shape index (κ3) is 2.08. The molecule has 1 aromatic heterocycles. The van der Waals surface area contributed by atoms with E-state index in [1.165, 1.54) is 0 Å². The highest BCUT2D eigenvalue weighted by atomic mass is 35.5. The molecule has 0 radical (unpaired) electrons. The Bertz CT molecular complexity index is 384. The molecule has 66 valence electrons. The fourth-order valence-corrected chi connectivity index (χ4v) is 1.99. The van der Waals surface area contributed by atoms with E-state index in [0.717, 1.165) is 22.0 Å². The fraction of sp³-hybridized carbons (Fsp3) is 0.100. The van der Waals surface area contributed by atoms with Crippen molar-refractivity contribution in [2.45, 2.75) is 6.42 Å². The van der Waals surface area contributed by atoms with Crippen molar-refractivity contribution in [3.8, 4) is 0 Å². The Morgan fingerprint density at radius 1 is 1.31 bits per heavy atom. The predicted octanol–water partition coefficient (Wildman–Crippen LogP) is 3.39. The number of nitrogens with zero attached hydrogens (tertiary/aromatic N) is 1. The third-order valence-electron chi connectivity index (χ3n) is 1.78. The highest BCUT2D eigenvalue weighted by Gasteiger charge is 2.01. The van der Waals surface area contributed by atoms with Crippen LogP contribution < -0.4 is 0 Å². The Labute approximate surface area is 86.0 Å². The molecule has 2 rings (SSSR count). The molecular weight excluding hydrogens is 202 g/mol. The molecule has 3 heteroatoms. The average Bonchev–Trinajstić information content (AvgIpc) is 2.61. The summed E-state index contributed by atoms with van der Waals surface area (Å²) in [6.45, 7) is 0. The van der Waals surface area contributed by atoms with Gasteiger partial charge in [0.15, 0.2) is 0 Å². The van der Waals surface area contributed by atoms with E-state index in [9.17, 15) is 0 Å². The first-order valence-electron chi connectivity index (χ1n) is 3.98. The van der Waals surface area contributed by atoms with Crippen molar-refractivity contribution in [3.63, 3.8) is 0 Å². The Balaban J connectivity index is 2.24. The minimum atomic E-state index is 0.817. The van der Waals surface area contributed by atoms with Crippen LogP contribution in [0.15, 0.2) is 35.8 Å². The number of hydrogen-bond donors (Lipinski definition) is 0. The standard InChI is InChI=1S/C10H8ClNS/c11-9-4-2-1-3-8(9)7-10-12-5-6-13-10/h1-6H,7H2. The summed E-state index contributed by atoms with van der Waals surface area (Å²) in [7, 11) is 0. The topological polar surface area (TPSA) is 12.9 Å². The van der Waals surface area contributed by atoms with Gasteiger partial charge in [-0.15, -0.1) is 11.3 Å². The molecule has 0 unspecified atom stereocenters. The quantitative estimate of drug-likeness (QED) is 0.739. The molecule has 0 aliphatic heterocycles. The van der Waals surface area contributed by atoms with Crippen LogP contribution in [0.1, 0.15) is 10.6 Å². The largest absolute Gasteiger partial charge is 0.249 e. The van der Waals surface area contributed by atoms with Gasteiger partial charge in [0.1, 0.15) is 0 Å². The van der Waals surface area contributed by atoms with E-state index in [1.54, 1.807) is 11.3 Å². The van der Waals surface area contributed by atoms with Gasteiger partial charge in [0, 0.05) is 23.0 Å². The monoisotopic (exact) mass is 209 g/mol. The molecule has 1 aromatic carbocycles. The van der Waals surface area contributed by atoms with E-state index >= 15 is 0 Å². The van der Waals surface area contributed by atoms with Gasteiger partial charge >= 0.3 is 0 Å². The first kappa shape index (κ1) is 8.73. The van der Waals surface area contributed by atoms with Crippen LogP contribution in [0.25, 0.3) is 0 Å². The number of halogens is 1. The lowest BCUT2D eigenvalue weighted by Crippen LogP contribution is -1.87. The van der Waals surface area contributed by atoms with Crippen molar-refractivity contribution >= 4 is 22.9 Å². The summed E-state index contributed by atoms with van der Waals surface area (Å²) < 4.78 is 0. The number of benzene rings is 1. The molecular formula is C10H8ClNS. The third-order valence-corrected chi connectivity index (χ3v) is 2.93. The Morgan fingerprint density at radius 3 is 2.85 bits per heavy atom. The smallest absolute Gasteiger partial charge is 0.0969 e. The Morgan fingerprint density at radius 2 is 2.15 bits per heavy atom. The van der Waals surface area contributed by atoms with E-state index in [0.29, 0.717) is 0 Å². The molecule has 0 atom stereocenters. The van der Waals surface area contributed by atoms with Crippen LogP contribution in [-0.4, -0.2) is 4.98 Å². The van der Waals surface area contributed by atoms with E-state index in [4.69, 9.17) is 11.6 Å². The number of thiazole rings is 1. The summed E-state index contributed by atoms with van der Waals surface area (Å²) >= 11 is 7.67. The number of rotatable bonds is 2. The molecule has 13 heavy (non-hydrogen) atoms. The predicted molar refractivity (Wildman–Crippen MR) is 56.4 cm³/mol. The second-order valence-corrected chi connectivity index (χ2v) is 4.08. The maximum atomic E-state index is 6.02. The van der Waals surface area contributed by atoms with Crippen molar-refractivity contribution in [2.75, 3.05) is 0 Å². The van der Waals surface area contributed by atoms with Crippen molar-refractivity contribution in [3.05, 3.63) is 51.4 Å². The summed E-state index contributed by atoms with van der Waals surface area (Å²) in [5.74, 6) is 0. The Kier molecular flexibility index (Phi) is 2.62. The fourth-order valence-electron chi connectivity index (χ4n) is 1.14. The van der Waals surface area contributed by atoms with Gasteiger partial charge in [-0.25, -0.2) is 4.98 Å². The van der Waals surface area contributed by atoms with Crippen LogP contribution in [0.5, 0.6) is 0 Å². The highest BCUT2D eigenvalue weighted by molar-refractivity contribution is 7.09. The van der Waals surface area contributed by atoms with Gasteiger partial charge in [0.25, 0.3) is 0 Å². The molecule has 1 nitrogen and oxygen atoms in total. The highest BCUT2D eigenvalue weighted by Crippen LogP contribution is 2.19. The van der Waals surface area contributed by atoms with Gasteiger partial charge < -0.3 is 0 Å². The molecule has 1 heterocycles. The van der Waals surface area contributed by atoms with E-state index in [-0.39, 0.29) is 0 Å². The van der Waals surface area contributed by atoms with E-state index in [1.807, 2.05) is 35.8 Å². The average molecular weight is 210 g/mol. The maximum Gasteiger partial charge on any atom is 0.0969 e. The molecule has 0 bridgehead atoms. The zero-order valence-electron chi connectivity index (χ0n) is 6.90. The van der Waals surface area contributed by atoms with Gasteiger partial charge in [-0.3, -0.25) is 0 Å². The maximum absolute atomic E-state index is 6.02. The van der Waals surface area contributed by atoms with Gasteiger partial charge in [0.2, 0.25) is 0 Å². The lowest BCUT2D eigenvalue weighted by Gasteiger charge is -1.99. The molecule has 0 fully saturated rings. The van der Waals surface area contributed by atoms with Crippen molar-refractivity contribution in [1.82, 2.24) is 4.98 Å². The normalized spacial score (nSPS) is 10.2. The zero-order chi connectivity index (χ0) is 9.10. The summed E-state index contributed by atoms with van der Waals surface area (Å²) in [5, 5.41) is 3.90. The number of aromatic nitrogens is 1. The summed E-state index contributed by atoms with van der Waals surface area (Å²) in [6.07, 6.45) is 2.65. The second-order valence-electron chi connectivity index (χ2n) is 2.69. The minimum Gasteiger partial charge on any atom is -0.249 e. The molecule has 0 amide bonds. The summed E-state index contributed by atoms with van der Waals surface area (Å²) in [5.41, 5.74) is 1.14. The molecule has 0 saturated heterocycles. The summed E-state index contributed by atoms with van der Waals surface area (Å²) in [6, 6.07) is 7.87. The molecule has 0 spiro atoms. The molecule has 0 saturated carbocycles. The lowest BCUT2D eigenvalue weighted by molar-refractivity contribution is 1.14. The Hall–Kier alpha value is -0.860. The van der Waals surface area contributed by atoms with Gasteiger partial charge in [-0.05, 0) is 11.6 Å². The van der Waals surface area contributed by atoms with Crippen molar-refractivity contribution in [2.24, 2.45) is 0 Å². The van der Waals surface area contributed by atoms with Crippen LogP contribution in [0, 0.1) is 0 Å². The van der Waals surface area contributed by atoms with E-state index in [2.05, 4.69) is 4.98 Å². The second kappa shape index (κ2) is 3.90. The van der Waals surface area contributed by atoms with E-state index < -0.39 is 0 Å². The zero-order valence-corrected chi connectivity index (χ0v) is 8.48. The molecule has 0 aliphatic carbocycles. The molecule has 0 aliphatic rings. The van der Waals surface area contributed by atoms with Crippen LogP contribution in [-0.2, 0) is 6.42 Å². The SMILES string of the molecule is Clc1ccccc1Cc1nccs1. The van der Waals surface area contributed by atoms with Crippen LogP contribution in [0.4, 0.5) is 0 Å². The minimum absolute atomic E-state index is 0.817. The summed E-state index contributed by atoms with van der Waals surface area (Å²) in [4.78, 5) is 4.21. The van der Waals surface area contributed by atoms with Crippen LogP contribution >= 0.6 is 22.9 Å². The lowest BCUT2D eigenvalue weighted by atomic mass is 10.2. The van der Waals surface area contributed by atoms with Gasteiger partial charge in [-0.1, -0.05) is 29.8 Å². The first-order valence-corrected chi connectivity index (χ1v) is 5.24. The van der Waals surface area contributed by atoms with Crippen molar-refractivity contribution in [1.29, 1.82) is 0 Å². The van der Waals surface area contributed by atoms with Crippen LogP contribution in [0.2, 0.25) is 5.02 Å².